The zero-order valence-electron chi connectivity index (χ0n) is 13.5. The Morgan fingerprint density at radius 3 is 2.70 bits per heavy atom. The molecule has 0 saturated heterocycles. The highest BCUT2D eigenvalue weighted by atomic mass is 16.1. The fraction of sp³-hybridized carbons (Fsp3) is 0.263. The highest BCUT2D eigenvalue weighted by Crippen LogP contribution is 2.18. The van der Waals surface area contributed by atoms with Gasteiger partial charge in [0.05, 0.1) is 17.4 Å². The smallest absolute Gasteiger partial charge is 0.251 e. The first-order valence-corrected chi connectivity index (χ1v) is 7.94. The van der Waals surface area contributed by atoms with Crippen LogP contribution in [-0.4, -0.2) is 22.0 Å². The average Bonchev–Trinajstić information content (AvgIpc) is 2.99. The number of benzene rings is 2. The van der Waals surface area contributed by atoms with Crippen LogP contribution in [0.2, 0.25) is 0 Å². The maximum absolute atomic E-state index is 12.3. The van der Waals surface area contributed by atoms with E-state index in [1.165, 1.54) is 5.56 Å². The molecule has 0 aliphatic heterocycles. The number of fused-ring (bicyclic) bond motifs is 1. The van der Waals surface area contributed by atoms with Gasteiger partial charge in [0.1, 0.15) is 0 Å². The van der Waals surface area contributed by atoms with Crippen molar-refractivity contribution in [3.8, 4) is 0 Å². The number of nitrogens with one attached hydrogen (secondary N) is 1. The maximum atomic E-state index is 12.3. The molecule has 0 unspecified atom stereocenters. The molecule has 0 bridgehead atoms. The van der Waals surface area contributed by atoms with Gasteiger partial charge in [-0.15, -0.1) is 0 Å². The van der Waals surface area contributed by atoms with Crippen LogP contribution >= 0.6 is 0 Å². The van der Waals surface area contributed by atoms with E-state index in [1.54, 1.807) is 0 Å². The summed E-state index contributed by atoms with van der Waals surface area (Å²) in [7, 11) is 0. The number of hydrogen-bond acceptors (Lipinski definition) is 2. The second kappa shape index (κ2) is 6.65. The van der Waals surface area contributed by atoms with Crippen molar-refractivity contribution in [2.75, 3.05) is 6.54 Å². The van der Waals surface area contributed by atoms with E-state index in [1.807, 2.05) is 42.7 Å². The van der Waals surface area contributed by atoms with E-state index in [0.29, 0.717) is 18.2 Å². The van der Waals surface area contributed by atoms with Crippen LogP contribution in [0.3, 0.4) is 0 Å². The third-order valence-electron chi connectivity index (χ3n) is 3.94. The first-order valence-electron chi connectivity index (χ1n) is 7.94. The molecular weight excluding hydrogens is 286 g/mol. The summed E-state index contributed by atoms with van der Waals surface area (Å²) in [6, 6.07) is 16.2. The normalized spacial score (nSPS) is 11.1. The Kier molecular flexibility index (Phi) is 4.42. The van der Waals surface area contributed by atoms with Crippen LogP contribution in [0.5, 0.6) is 0 Å². The average molecular weight is 307 g/mol. The predicted molar refractivity (Wildman–Crippen MR) is 92.6 cm³/mol. The molecule has 3 rings (SSSR count). The van der Waals surface area contributed by atoms with E-state index in [9.17, 15) is 4.79 Å². The summed E-state index contributed by atoms with van der Waals surface area (Å²) in [6.07, 6.45) is 2.66. The number of nitrogens with zero attached hydrogens (tertiary/aromatic N) is 2. The molecule has 0 aliphatic rings. The van der Waals surface area contributed by atoms with Crippen molar-refractivity contribution < 1.29 is 4.79 Å². The molecule has 1 heterocycles. The lowest BCUT2D eigenvalue weighted by Crippen LogP contribution is -2.25. The van der Waals surface area contributed by atoms with Gasteiger partial charge in [-0.2, -0.15) is 0 Å². The van der Waals surface area contributed by atoms with Crippen molar-refractivity contribution in [3.05, 3.63) is 66.0 Å². The Morgan fingerprint density at radius 2 is 1.96 bits per heavy atom. The molecule has 0 fully saturated rings. The molecule has 2 aromatic carbocycles. The lowest BCUT2D eigenvalue weighted by atomic mass is 10.1. The largest absolute Gasteiger partial charge is 0.352 e. The van der Waals surface area contributed by atoms with Crippen molar-refractivity contribution >= 4 is 16.9 Å². The van der Waals surface area contributed by atoms with Crippen LogP contribution in [0.1, 0.15) is 35.8 Å². The zero-order chi connectivity index (χ0) is 16.2. The molecule has 4 nitrogen and oxygen atoms in total. The second-order valence-corrected chi connectivity index (χ2v) is 5.94. The van der Waals surface area contributed by atoms with Crippen molar-refractivity contribution in [2.45, 2.75) is 26.3 Å². The summed E-state index contributed by atoms with van der Waals surface area (Å²) in [4.78, 5) is 16.7. The molecule has 3 aromatic rings. The van der Waals surface area contributed by atoms with Crippen LogP contribution in [0.25, 0.3) is 11.0 Å². The predicted octanol–water partition coefficient (Wildman–Crippen LogP) is 3.59. The fourth-order valence-electron chi connectivity index (χ4n) is 2.65. The summed E-state index contributed by atoms with van der Waals surface area (Å²) in [5.74, 6) is -0.0538. The minimum absolute atomic E-state index is 0.0538. The minimum atomic E-state index is -0.0538. The molecule has 1 N–H and O–H groups in total. The molecule has 0 aliphatic carbocycles. The van der Waals surface area contributed by atoms with Crippen LogP contribution in [0.15, 0.2) is 54.9 Å². The van der Waals surface area contributed by atoms with Crippen molar-refractivity contribution in [1.29, 1.82) is 0 Å². The fourth-order valence-corrected chi connectivity index (χ4v) is 2.65. The molecule has 23 heavy (non-hydrogen) atoms. The molecule has 0 spiro atoms. The van der Waals surface area contributed by atoms with E-state index < -0.39 is 0 Å². The summed E-state index contributed by atoms with van der Waals surface area (Å²) >= 11 is 0. The number of amides is 1. The number of hydrogen-bond donors (Lipinski definition) is 1. The van der Waals surface area contributed by atoms with E-state index in [4.69, 9.17) is 0 Å². The van der Waals surface area contributed by atoms with Gasteiger partial charge in [0.15, 0.2) is 0 Å². The van der Waals surface area contributed by atoms with Gasteiger partial charge in [-0.05, 0) is 44.0 Å². The zero-order valence-corrected chi connectivity index (χ0v) is 13.5. The summed E-state index contributed by atoms with van der Waals surface area (Å²) < 4.78 is 2.10. The Balaban J connectivity index is 1.66. The topological polar surface area (TPSA) is 46.9 Å². The number of aromatic nitrogens is 2. The second-order valence-electron chi connectivity index (χ2n) is 5.94. The summed E-state index contributed by atoms with van der Waals surface area (Å²) in [6.45, 7) is 4.86. The summed E-state index contributed by atoms with van der Waals surface area (Å²) in [5.41, 5.74) is 3.79. The lowest BCUT2D eigenvalue weighted by Gasteiger charge is -2.08. The van der Waals surface area contributed by atoms with Gasteiger partial charge in [0.2, 0.25) is 0 Å². The number of imidazole rings is 1. The SMILES string of the molecule is CC(C)n1cnc2cc(C(=O)NCCc3ccccc3)ccc21. The quantitative estimate of drug-likeness (QED) is 0.783. The highest BCUT2D eigenvalue weighted by molar-refractivity contribution is 5.97. The van der Waals surface area contributed by atoms with E-state index in [-0.39, 0.29) is 5.91 Å². The Hall–Kier alpha value is -2.62. The Labute approximate surface area is 136 Å². The summed E-state index contributed by atoms with van der Waals surface area (Å²) in [5, 5.41) is 2.97. The van der Waals surface area contributed by atoms with Crippen LogP contribution in [0, 0.1) is 0 Å². The Morgan fingerprint density at radius 1 is 1.17 bits per heavy atom. The van der Waals surface area contributed by atoms with E-state index in [0.717, 1.165) is 17.5 Å². The van der Waals surface area contributed by atoms with Gasteiger partial charge in [-0.1, -0.05) is 30.3 Å². The number of rotatable bonds is 5. The molecule has 0 atom stereocenters. The van der Waals surface area contributed by atoms with Crippen molar-refractivity contribution in [1.82, 2.24) is 14.9 Å². The monoisotopic (exact) mass is 307 g/mol. The first kappa shape index (κ1) is 15.3. The van der Waals surface area contributed by atoms with Gasteiger partial charge < -0.3 is 9.88 Å². The standard InChI is InChI=1S/C19H21N3O/c1-14(2)22-13-21-17-12-16(8-9-18(17)22)19(23)20-11-10-15-6-4-3-5-7-15/h3-9,12-14H,10-11H2,1-2H3,(H,20,23). The van der Waals surface area contributed by atoms with E-state index >= 15 is 0 Å². The third kappa shape index (κ3) is 3.42. The van der Waals surface area contributed by atoms with Crippen molar-refractivity contribution in [3.63, 3.8) is 0 Å². The molecule has 0 radical (unpaired) electrons. The first-order chi connectivity index (χ1) is 11.1. The van der Waals surface area contributed by atoms with Crippen LogP contribution in [-0.2, 0) is 6.42 Å². The molecule has 1 amide bonds. The van der Waals surface area contributed by atoms with Gasteiger partial charge in [-0.25, -0.2) is 4.98 Å². The Bertz CT molecular complexity index is 806. The van der Waals surface area contributed by atoms with Crippen LogP contribution < -0.4 is 5.32 Å². The molecule has 4 heteroatoms. The molecule has 118 valence electrons. The number of carbonyl (C=O) groups is 1. The molecule has 0 saturated carbocycles. The van der Waals surface area contributed by atoms with Gasteiger partial charge in [0.25, 0.3) is 5.91 Å². The van der Waals surface area contributed by atoms with Crippen LogP contribution in [0.4, 0.5) is 0 Å². The van der Waals surface area contributed by atoms with Crippen molar-refractivity contribution in [2.24, 2.45) is 0 Å². The van der Waals surface area contributed by atoms with E-state index in [2.05, 4.69) is 40.8 Å². The van der Waals surface area contributed by atoms with Gasteiger partial charge in [-0.3, -0.25) is 4.79 Å². The van der Waals surface area contributed by atoms with Gasteiger partial charge in [0, 0.05) is 18.2 Å². The minimum Gasteiger partial charge on any atom is -0.352 e. The highest BCUT2D eigenvalue weighted by Gasteiger charge is 2.10. The lowest BCUT2D eigenvalue weighted by molar-refractivity contribution is 0.0954. The maximum Gasteiger partial charge on any atom is 0.251 e. The number of carbonyl (C=O) groups excluding carboxylic acids is 1. The molecular formula is C19H21N3O. The van der Waals surface area contributed by atoms with Gasteiger partial charge >= 0.3 is 0 Å². The third-order valence-corrected chi connectivity index (χ3v) is 3.94. The molecule has 1 aromatic heterocycles.